The Balaban J connectivity index is 5.61. The monoisotopic (exact) mass is 1420 g/mol. The first-order chi connectivity index (χ1) is 49.7. The number of ether oxygens (including phenoxy) is 6. The third kappa shape index (κ3) is 86.7. The van der Waals surface area contributed by atoms with Gasteiger partial charge in [-0.1, -0.05) is 497 Å². The maximum absolute atomic E-state index is 6.89. The zero-order valence-corrected chi connectivity index (χ0v) is 70.0. The minimum atomic E-state index is -0.281. The summed E-state index contributed by atoms with van der Waals surface area (Å²) < 4.78 is 40.2. The molecule has 0 fully saturated rings. The topological polar surface area (TPSA) is 55.4 Å². The molecule has 6 heteroatoms. The van der Waals surface area contributed by atoms with Gasteiger partial charge in [-0.2, -0.15) is 0 Å². The zero-order valence-electron chi connectivity index (χ0n) is 70.0. The second kappa shape index (κ2) is 93.0. The van der Waals surface area contributed by atoms with Crippen LogP contribution in [0.4, 0.5) is 0 Å². The van der Waals surface area contributed by atoms with Gasteiger partial charge in [0.2, 0.25) is 0 Å². The van der Waals surface area contributed by atoms with Crippen LogP contribution in [0.3, 0.4) is 0 Å². The molecular formula is C94H190O6. The summed E-state index contributed by atoms with van der Waals surface area (Å²) in [5.41, 5.74) is 0. The normalized spacial score (nSPS) is 12.8. The lowest BCUT2D eigenvalue weighted by Crippen LogP contribution is -2.33. The van der Waals surface area contributed by atoms with Crippen LogP contribution >= 0.6 is 0 Å². The van der Waals surface area contributed by atoms with E-state index in [0.29, 0.717) is 26.4 Å². The highest BCUT2D eigenvalue weighted by Gasteiger charge is 2.19. The molecule has 0 amide bonds. The van der Waals surface area contributed by atoms with Crippen molar-refractivity contribution < 1.29 is 28.4 Å². The molecule has 0 heterocycles. The third-order valence-corrected chi connectivity index (χ3v) is 22.1. The Labute approximate surface area is 631 Å². The van der Waals surface area contributed by atoms with Crippen LogP contribution in [0.5, 0.6) is 0 Å². The van der Waals surface area contributed by atoms with Crippen LogP contribution < -0.4 is 0 Å². The second-order valence-electron chi connectivity index (χ2n) is 32.5. The molecule has 0 bridgehead atoms. The van der Waals surface area contributed by atoms with Gasteiger partial charge in [-0.3, -0.25) is 0 Å². The van der Waals surface area contributed by atoms with E-state index in [0.717, 1.165) is 65.0 Å². The van der Waals surface area contributed by atoms with Gasteiger partial charge in [0, 0.05) is 26.4 Å². The second-order valence-corrected chi connectivity index (χ2v) is 32.5. The summed E-state index contributed by atoms with van der Waals surface area (Å²) in [6, 6.07) is 0. The SMILES string of the molecule is CCCCCCCCCCCCCCCCCCOCC(COC(CCCCCCCCCCCCCCC)OCC(COCCCCCCCCCCCCCCCCCC)OCCCCCCCCCCCCCCCCCC)OCCCCCCCCCCCCCCCCCC. The summed E-state index contributed by atoms with van der Waals surface area (Å²) >= 11 is 0. The van der Waals surface area contributed by atoms with Crippen molar-refractivity contribution in [2.45, 2.75) is 554 Å². The lowest BCUT2D eigenvalue weighted by atomic mass is 10.0. The summed E-state index contributed by atoms with van der Waals surface area (Å²) in [7, 11) is 0. The Bertz CT molecular complexity index is 1290. The quantitative estimate of drug-likeness (QED) is 0.0447. The van der Waals surface area contributed by atoms with Crippen LogP contribution in [-0.4, -0.2) is 71.4 Å². The molecule has 0 aliphatic rings. The molecule has 0 aliphatic heterocycles. The molecule has 0 N–H and O–H groups in total. The highest BCUT2D eigenvalue weighted by molar-refractivity contribution is 4.64. The van der Waals surface area contributed by atoms with E-state index in [1.807, 2.05) is 0 Å². The van der Waals surface area contributed by atoms with E-state index in [1.54, 1.807) is 0 Å². The van der Waals surface area contributed by atoms with E-state index in [-0.39, 0.29) is 18.5 Å². The van der Waals surface area contributed by atoms with Gasteiger partial charge in [0.1, 0.15) is 12.2 Å². The van der Waals surface area contributed by atoms with Gasteiger partial charge in [-0.25, -0.2) is 0 Å². The van der Waals surface area contributed by atoms with Gasteiger partial charge < -0.3 is 28.4 Å². The van der Waals surface area contributed by atoms with E-state index in [2.05, 4.69) is 34.6 Å². The molecule has 0 saturated heterocycles. The molecule has 0 aromatic rings. The minimum absolute atomic E-state index is 0.0832. The maximum atomic E-state index is 6.89. The molecular weight excluding hydrogens is 1230 g/mol. The van der Waals surface area contributed by atoms with Gasteiger partial charge in [0.25, 0.3) is 0 Å². The zero-order chi connectivity index (χ0) is 71.8. The van der Waals surface area contributed by atoms with Crippen molar-refractivity contribution in [3.63, 3.8) is 0 Å². The van der Waals surface area contributed by atoms with Crippen molar-refractivity contribution in [2.75, 3.05) is 52.9 Å². The Morgan fingerprint density at radius 2 is 0.290 bits per heavy atom. The van der Waals surface area contributed by atoms with Gasteiger partial charge in [-0.15, -0.1) is 0 Å². The van der Waals surface area contributed by atoms with Gasteiger partial charge in [0.15, 0.2) is 6.29 Å². The predicted octanol–water partition coefficient (Wildman–Crippen LogP) is 32.7. The lowest BCUT2D eigenvalue weighted by Gasteiger charge is -2.25. The van der Waals surface area contributed by atoms with Crippen LogP contribution in [0.15, 0.2) is 0 Å². The van der Waals surface area contributed by atoms with Gasteiger partial charge in [-0.05, 0) is 38.5 Å². The molecule has 0 aromatic carbocycles. The number of hydrogen-bond donors (Lipinski definition) is 0. The summed E-state index contributed by atoms with van der Waals surface area (Å²) in [6.07, 6.45) is 107. The highest BCUT2D eigenvalue weighted by atomic mass is 16.7. The fraction of sp³-hybridized carbons (Fsp3) is 1.00. The van der Waals surface area contributed by atoms with Crippen LogP contribution in [0, 0.1) is 0 Å². The Kier molecular flexibility index (Phi) is 92.7. The first-order valence-corrected chi connectivity index (χ1v) is 47.3. The standard InChI is InChI=1S/C94H190O6/c1-6-11-16-21-26-31-36-41-45-49-54-59-64-69-74-79-84-95-88-92(97-86-81-76-71-66-61-56-51-47-43-38-33-28-23-18-13-8-3)90-99-94(83-78-73-68-63-58-53-40-35-30-25-20-15-10-5)100-91-93(98-87-82-77-72-67-62-57-52-48-44-39-34-29-24-19-14-9-4)89-96-85-80-75-70-65-60-55-50-46-42-37-32-27-22-17-12-7-2/h92-94H,6-91H2,1-5H3. The highest BCUT2D eigenvalue weighted by Crippen LogP contribution is 2.22. The van der Waals surface area contributed by atoms with Crippen molar-refractivity contribution in [3.8, 4) is 0 Å². The van der Waals surface area contributed by atoms with E-state index in [9.17, 15) is 0 Å². The van der Waals surface area contributed by atoms with Crippen LogP contribution in [0.1, 0.15) is 535 Å². The fourth-order valence-corrected chi connectivity index (χ4v) is 15.0. The molecule has 6 nitrogen and oxygen atoms in total. The summed E-state index contributed by atoms with van der Waals surface area (Å²) in [6.45, 7) is 17.0. The number of hydrogen-bond acceptors (Lipinski definition) is 6. The van der Waals surface area contributed by atoms with E-state index in [4.69, 9.17) is 28.4 Å². The lowest BCUT2D eigenvalue weighted by molar-refractivity contribution is -0.191. The van der Waals surface area contributed by atoms with E-state index >= 15 is 0 Å². The molecule has 602 valence electrons. The summed E-state index contributed by atoms with van der Waals surface area (Å²) in [5.74, 6) is 0. The molecule has 100 heavy (non-hydrogen) atoms. The van der Waals surface area contributed by atoms with Crippen molar-refractivity contribution >= 4 is 0 Å². The molecule has 2 atom stereocenters. The van der Waals surface area contributed by atoms with Crippen molar-refractivity contribution in [1.29, 1.82) is 0 Å². The van der Waals surface area contributed by atoms with Crippen LogP contribution in [0.2, 0.25) is 0 Å². The maximum Gasteiger partial charge on any atom is 0.157 e. The number of rotatable bonds is 94. The van der Waals surface area contributed by atoms with Crippen LogP contribution in [0.25, 0.3) is 0 Å². The average Bonchev–Trinajstić information content (AvgIpc) is 1.80. The molecule has 0 aromatic heterocycles. The molecule has 0 radical (unpaired) electrons. The number of unbranched alkanes of at least 4 members (excludes halogenated alkanes) is 72. The first-order valence-electron chi connectivity index (χ1n) is 47.3. The Hall–Kier alpha value is -0.240. The Morgan fingerprint density at radius 1 is 0.140 bits per heavy atom. The summed E-state index contributed by atoms with van der Waals surface area (Å²) in [5, 5.41) is 0. The molecule has 0 saturated carbocycles. The Morgan fingerprint density at radius 3 is 0.470 bits per heavy atom. The van der Waals surface area contributed by atoms with Crippen molar-refractivity contribution in [1.82, 2.24) is 0 Å². The predicted molar refractivity (Wildman–Crippen MR) is 445 cm³/mol. The molecule has 0 spiro atoms. The first kappa shape index (κ1) is 99.8. The molecule has 0 aliphatic carbocycles. The van der Waals surface area contributed by atoms with Crippen molar-refractivity contribution in [2.24, 2.45) is 0 Å². The smallest absolute Gasteiger partial charge is 0.157 e. The van der Waals surface area contributed by atoms with Crippen molar-refractivity contribution in [3.05, 3.63) is 0 Å². The third-order valence-electron chi connectivity index (χ3n) is 22.1. The van der Waals surface area contributed by atoms with Gasteiger partial charge >= 0.3 is 0 Å². The molecule has 0 rings (SSSR count). The fourth-order valence-electron chi connectivity index (χ4n) is 15.0. The summed E-state index contributed by atoms with van der Waals surface area (Å²) in [4.78, 5) is 0. The van der Waals surface area contributed by atoms with E-state index in [1.165, 1.54) is 462 Å². The van der Waals surface area contributed by atoms with E-state index < -0.39 is 0 Å². The van der Waals surface area contributed by atoms with Crippen LogP contribution in [-0.2, 0) is 28.4 Å². The minimum Gasteiger partial charge on any atom is -0.379 e. The average molecular weight is 1420 g/mol. The van der Waals surface area contributed by atoms with Gasteiger partial charge in [0.05, 0.1) is 26.4 Å². The largest absolute Gasteiger partial charge is 0.379 e. The molecule has 2 unspecified atom stereocenters.